The molecule has 0 saturated heterocycles. The third-order valence-corrected chi connectivity index (χ3v) is 5.68. The fraction of sp³-hybridized carbons (Fsp3) is 0.167. The highest BCUT2D eigenvalue weighted by Gasteiger charge is 2.23. The van der Waals surface area contributed by atoms with Gasteiger partial charge in [-0.15, -0.1) is 0 Å². The number of aromatic nitrogens is 1. The number of ether oxygens (including phenoxy) is 2. The lowest BCUT2D eigenvalue weighted by Gasteiger charge is -2.21. The Balaban J connectivity index is 1.73. The van der Waals surface area contributed by atoms with E-state index in [4.69, 9.17) is 14.5 Å². The molecule has 0 unspecified atom stereocenters. The Morgan fingerprint density at radius 3 is 2.47 bits per heavy atom. The summed E-state index contributed by atoms with van der Waals surface area (Å²) in [6.07, 6.45) is 0.202. The van der Waals surface area contributed by atoms with Crippen LogP contribution < -0.4 is 14.4 Å². The van der Waals surface area contributed by atoms with Gasteiger partial charge < -0.3 is 9.47 Å². The van der Waals surface area contributed by atoms with E-state index in [-0.39, 0.29) is 12.3 Å². The van der Waals surface area contributed by atoms with Crippen molar-refractivity contribution in [3.63, 3.8) is 0 Å². The van der Waals surface area contributed by atoms with Crippen molar-refractivity contribution in [1.29, 1.82) is 0 Å². The maximum absolute atomic E-state index is 13.5. The van der Waals surface area contributed by atoms with Crippen LogP contribution in [0.15, 0.2) is 72.8 Å². The van der Waals surface area contributed by atoms with Crippen LogP contribution in [0.4, 0.5) is 10.8 Å². The van der Waals surface area contributed by atoms with Crippen molar-refractivity contribution in [2.45, 2.75) is 13.3 Å². The molecule has 0 saturated carbocycles. The van der Waals surface area contributed by atoms with Gasteiger partial charge in [0, 0.05) is 5.56 Å². The predicted molar refractivity (Wildman–Crippen MR) is 121 cm³/mol. The Morgan fingerprint density at radius 2 is 1.73 bits per heavy atom. The fourth-order valence-corrected chi connectivity index (χ4v) is 4.27. The van der Waals surface area contributed by atoms with Gasteiger partial charge in [0.25, 0.3) is 0 Å². The fourth-order valence-electron chi connectivity index (χ4n) is 3.27. The van der Waals surface area contributed by atoms with Gasteiger partial charge in [0.1, 0.15) is 11.5 Å². The minimum absolute atomic E-state index is 0.0808. The van der Waals surface area contributed by atoms with Gasteiger partial charge in [0.05, 0.1) is 36.0 Å². The van der Waals surface area contributed by atoms with Crippen LogP contribution in [0.25, 0.3) is 10.2 Å². The number of para-hydroxylation sites is 2. The molecule has 0 N–H and O–H groups in total. The van der Waals surface area contributed by atoms with Crippen LogP contribution in [-0.4, -0.2) is 24.6 Å². The molecule has 4 aromatic rings. The first-order valence-electron chi connectivity index (χ1n) is 9.73. The van der Waals surface area contributed by atoms with Crippen LogP contribution in [0, 0.1) is 0 Å². The van der Waals surface area contributed by atoms with E-state index in [0.717, 1.165) is 27.2 Å². The molecule has 152 valence electrons. The summed E-state index contributed by atoms with van der Waals surface area (Å²) in [4.78, 5) is 19.9. The van der Waals surface area contributed by atoms with E-state index >= 15 is 0 Å². The molecule has 0 spiro atoms. The summed E-state index contributed by atoms with van der Waals surface area (Å²) < 4.78 is 12.0. The predicted octanol–water partition coefficient (Wildman–Crippen LogP) is 5.61. The highest BCUT2D eigenvalue weighted by atomic mass is 32.1. The molecule has 0 aliphatic carbocycles. The normalized spacial score (nSPS) is 10.7. The number of anilines is 2. The van der Waals surface area contributed by atoms with Gasteiger partial charge in [0.2, 0.25) is 5.91 Å². The molecule has 0 bridgehead atoms. The Bertz CT molecular complexity index is 1120. The van der Waals surface area contributed by atoms with Crippen molar-refractivity contribution in [2.75, 3.05) is 18.6 Å². The summed E-state index contributed by atoms with van der Waals surface area (Å²) in [5.41, 5.74) is 2.46. The third-order valence-electron chi connectivity index (χ3n) is 4.66. The minimum atomic E-state index is -0.0808. The van der Waals surface area contributed by atoms with Gasteiger partial charge in [-0.25, -0.2) is 4.98 Å². The van der Waals surface area contributed by atoms with Crippen molar-refractivity contribution >= 4 is 38.3 Å². The number of benzene rings is 3. The largest absolute Gasteiger partial charge is 0.496 e. The van der Waals surface area contributed by atoms with Crippen LogP contribution in [-0.2, 0) is 11.2 Å². The molecule has 0 aliphatic heterocycles. The lowest BCUT2D eigenvalue weighted by atomic mass is 10.1. The van der Waals surface area contributed by atoms with Crippen LogP contribution in [0.1, 0.15) is 12.5 Å². The number of hydrogen-bond donors (Lipinski definition) is 0. The number of hydrogen-bond acceptors (Lipinski definition) is 5. The van der Waals surface area contributed by atoms with Gasteiger partial charge in [-0.3, -0.25) is 9.69 Å². The van der Waals surface area contributed by atoms with Gasteiger partial charge in [-0.1, -0.05) is 41.7 Å². The van der Waals surface area contributed by atoms with Crippen molar-refractivity contribution in [3.8, 4) is 11.5 Å². The van der Waals surface area contributed by atoms with E-state index in [9.17, 15) is 4.79 Å². The Kier molecular flexibility index (Phi) is 5.95. The molecule has 1 heterocycles. The molecule has 0 fully saturated rings. The molecule has 5 nitrogen and oxygen atoms in total. The van der Waals surface area contributed by atoms with Gasteiger partial charge in [-0.05, 0) is 49.4 Å². The number of methoxy groups -OCH3 is 1. The second kappa shape index (κ2) is 8.97. The minimum Gasteiger partial charge on any atom is -0.496 e. The van der Waals surface area contributed by atoms with Gasteiger partial charge in [0.15, 0.2) is 5.13 Å². The van der Waals surface area contributed by atoms with Crippen molar-refractivity contribution in [1.82, 2.24) is 4.98 Å². The second-order valence-corrected chi connectivity index (χ2v) is 7.62. The average molecular weight is 419 g/mol. The monoisotopic (exact) mass is 418 g/mol. The molecule has 30 heavy (non-hydrogen) atoms. The van der Waals surface area contributed by atoms with Crippen LogP contribution in [0.3, 0.4) is 0 Å². The zero-order valence-electron chi connectivity index (χ0n) is 16.9. The highest BCUT2D eigenvalue weighted by Crippen LogP contribution is 2.35. The van der Waals surface area contributed by atoms with Crippen LogP contribution >= 0.6 is 11.3 Å². The Labute approximate surface area is 179 Å². The zero-order chi connectivity index (χ0) is 20.9. The lowest BCUT2D eigenvalue weighted by Crippen LogP contribution is -2.27. The Morgan fingerprint density at radius 1 is 1.00 bits per heavy atom. The van der Waals surface area contributed by atoms with Crippen molar-refractivity contribution in [2.24, 2.45) is 0 Å². The summed E-state index contributed by atoms with van der Waals surface area (Å²) in [7, 11) is 1.61. The summed E-state index contributed by atoms with van der Waals surface area (Å²) in [5, 5.41) is 0.639. The molecule has 0 atom stereocenters. The van der Waals surface area contributed by atoms with Gasteiger partial charge in [-0.2, -0.15) is 0 Å². The number of thiazole rings is 1. The lowest BCUT2D eigenvalue weighted by molar-refractivity contribution is -0.117. The number of fused-ring (bicyclic) bond motifs is 1. The molecule has 1 amide bonds. The summed E-state index contributed by atoms with van der Waals surface area (Å²) in [5.74, 6) is 1.38. The summed E-state index contributed by atoms with van der Waals surface area (Å²) >= 11 is 1.49. The molecular formula is C24H22N2O3S. The zero-order valence-corrected chi connectivity index (χ0v) is 17.7. The molecule has 0 radical (unpaired) electrons. The first kappa shape index (κ1) is 19.9. The maximum Gasteiger partial charge on any atom is 0.237 e. The first-order chi connectivity index (χ1) is 14.7. The number of carbonyl (C=O) groups excluding carboxylic acids is 1. The molecular weight excluding hydrogens is 396 g/mol. The summed E-state index contributed by atoms with van der Waals surface area (Å²) in [6, 6.07) is 23.0. The standard InChI is InChI=1S/C24H22N2O3S/c1-3-29-19-14-12-18(13-15-19)26(24-25-20-9-5-7-11-22(20)30-24)23(27)16-17-8-4-6-10-21(17)28-2/h4-15H,3,16H2,1-2H3. The second-order valence-electron chi connectivity index (χ2n) is 6.61. The molecule has 1 aromatic heterocycles. The number of rotatable bonds is 7. The highest BCUT2D eigenvalue weighted by molar-refractivity contribution is 7.22. The van der Waals surface area contributed by atoms with E-state index in [1.54, 1.807) is 12.0 Å². The van der Waals surface area contributed by atoms with E-state index in [2.05, 4.69) is 0 Å². The summed E-state index contributed by atoms with van der Waals surface area (Å²) in [6.45, 7) is 2.53. The molecule has 6 heteroatoms. The van der Waals surface area contributed by atoms with E-state index in [0.29, 0.717) is 17.5 Å². The topological polar surface area (TPSA) is 51.7 Å². The van der Waals surface area contributed by atoms with E-state index < -0.39 is 0 Å². The van der Waals surface area contributed by atoms with Gasteiger partial charge >= 0.3 is 0 Å². The number of amides is 1. The first-order valence-corrected chi connectivity index (χ1v) is 10.5. The molecule has 0 aliphatic rings. The Hall–Kier alpha value is -3.38. The smallest absolute Gasteiger partial charge is 0.237 e. The van der Waals surface area contributed by atoms with Crippen molar-refractivity contribution < 1.29 is 14.3 Å². The van der Waals surface area contributed by atoms with E-state index in [1.807, 2.05) is 79.7 Å². The molecule has 4 rings (SSSR count). The van der Waals surface area contributed by atoms with Crippen LogP contribution in [0.2, 0.25) is 0 Å². The number of carbonyl (C=O) groups is 1. The molecule has 3 aromatic carbocycles. The maximum atomic E-state index is 13.5. The third kappa shape index (κ3) is 4.14. The quantitative estimate of drug-likeness (QED) is 0.391. The van der Waals surface area contributed by atoms with Crippen LogP contribution in [0.5, 0.6) is 11.5 Å². The SMILES string of the molecule is CCOc1ccc(N(C(=O)Cc2ccccc2OC)c2nc3ccccc3s2)cc1. The van der Waals surface area contributed by atoms with Crippen molar-refractivity contribution in [3.05, 3.63) is 78.4 Å². The average Bonchev–Trinajstić information content (AvgIpc) is 3.19. The number of nitrogens with zero attached hydrogens (tertiary/aromatic N) is 2. The van der Waals surface area contributed by atoms with E-state index in [1.165, 1.54) is 11.3 Å².